The number of pyridine rings is 1. The summed E-state index contributed by atoms with van der Waals surface area (Å²) in [6.45, 7) is 8.06. The molecule has 1 amide bonds. The third-order valence-corrected chi connectivity index (χ3v) is 10.9. The Morgan fingerprint density at radius 1 is 0.948 bits per heavy atom. The molecule has 13 nitrogen and oxygen atoms in total. The smallest absolute Gasteiger partial charge is 0.259 e. The van der Waals surface area contributed by atoms with E-state index in [1.54, 1.807) is 44.5 Å². The van der Waals surface area contributed by atoms with Crippen molar-refractivity contribution in [1.82, 2.24) is 24.3 Å². The minimum atomic E-state index is -2.54. The van der Waals surface area contributed by atoms with Crippen molar-refractivity contribution < 1.29 is 32.2 Å². The molecule has 1 aliphatic heterocycles. The van der Waals surface area contributed by atoms with Crippen molar-refractivity contribution in [3.05, 3.63) is 108 Å². The van der Waals surface area contributed by atoms with E-state index in [4.69, 9.17) is 19.4 Å². The molecule has 0 saturated carbocycles. The Morgan fingerprint density at radius 3 is 2.52 bits per heavy atom. The van der Waals surface area contributed by atoms with E-state index in [9.17, 15) is 22.7 Å². The molecule has 0 aliphatic carbocycles. The van der Waals surface area contributed by atoms with Crippen LogP contribution in [0.25, 0.3) is 28.3 Å². The Hall–Kier alpha value is -5.81. The molecule has 16 heteroatoms. The molecular weight excluding hydrogens is 767 g/mol. The summed E-state index contributed by atoms with van der Waals surface area (Å²) < 4.78 is 62.4. The van der Waals surface area contributed by atoms with Gasteiger partial charge in [-0.05, 0) is 87.0 Å². The molecule has 304 valence electrons. The van der Waals surface area contributed by atoms with Crippen molar-refractivity contribution in [1.29, 1.82) is 0 Å². The molecule has 1 saturated heterocycles. The number of ether oxygens (including phenoxy) is 2. The van der Waals surface area contributed by atoms with Gasteiger partial charge in [0.05, 0.1) is 42.0 Å². The van der Waals surface area contributed by atoms with Crippen LogP contribution < -0.4 is 25.0 Å². The molecule has 1 fully saturated rings. The number of aryl methyl sites for hydroxylation is 1. The first kappa shape index (κ1) is 40.4. The fraction of sp³-hybridized carbons (Fsp3) is 0.286. The average molecular weight is 813 g/mol. The van der Waals surface area contributed by atoms with Crippen molar-refractivity contribution >= 4 is 45.2 Å². The van der Waals surface area contributed by atoms with Crippen LogP contribution in [0.5, 0.6) is 11.5 Å². The quantitative estimate of drug-likeness (QED) is 0.0892. The number of carbonyl (C=O) groups is 1. The van der Waals surface area contributed by atoms with Crippen LogP contribution in [0.3, 0.4) is 0 Å². The molecule has 0 unspecified atom stereocenters. The number of amides is 1. The SMILES string of the molecule is CCOc1ccc(-c2nc3ccccn3c2-c2ccnc(Nc3cc(C)c(N4CCCN(CCS(C)(O)O)CC4)cc3OC)n2)cc1C(=O)Nc1c(F)cccc1F. The minimum absolute atomic E-state index is 0.0651. The fourth-order valence-electron chi connectivity index (χ4n) is 7.07. The van der Waals surface area contributed by atoms with Crippen molar-refractivity contribution in [2.24, 2.45) is 0 Å². The van der Waals surface area contributed by atoms with Gasteiger partial charge in [0.2, 0.25) is 5.95 Å². The molecule has 6 aromatic rings. The second kappa shape index (κ2) is 17.4. The molecule has 0 bridgehead atoms. The van der Waals surface area contributed by atoms with E-state index in [0.717, 1.165) is 56.0 Å². The number of fused-ring (bicyclic) bond motifs is 1. The van der Waals surface area contributed by atoms with Gasteiger partial charge in [-0.25, -0.2) is 23.7 Å². The number of rotatable bonds is 13. The number of para-hydroxylation sites is 1. The topological polar surface area (TPSA) is 150 Å². The van der Waals surface area contributed by atoms with Crippen LogP contribution in [0, 0.1) is 18.6 Å². The predicted octanol–water partition coefficient (Wildman–Crippen LogP) is 8.34. The third-order valence-electron chi connectivity index (χ3n) is 9.91. The van der Waals surface area contributed by atoms with Gasteiger partial charge in [0, 0.05) is 67.9 Å². The van der Waals surface area contributed by atoms with Crippen LogP contribution >= 0.6 is 10.6 Å². The number of aromatic nitrogens is 4. The highest BCUT2D eigenvalue weighted by Gasteiger charge is 2.24. The summed E-state index contributed by atoms with van der Waals surface area (Å²) in [5.74, 6) is -1.03. The lowest BCUT2D eigenvalue weighted by Crippen LogP contribution is -2.33. The largest absolute Gasteiger partial charge is 0.494 e. The van der Waals surface area contributed by atoms with Gasteiger partial charge in [0.25, 0.3) is 5.91 Å². The Morgan fingerprint density at radius 2 is 1.76 bits per heavy atom. The molecular formula is C42H46F2N8O5S. The fourth-order valence-corrected chi connectivity index (χ4v) is 7.67. The first-order valence-electron chi connectivity index (χ1n) is 18.9. The van der Waals surface area contributed by atoms with E-state index in [2.05, 4.69) is 32.3 Å². The van der Waals surface area contributed by atoms with Gasteiger partial charge in [-0.1, -0.05) is 12.1 Å². The van der Waals surface area contributed by atoms with E-state index in [0.29, 0.717) is 58.0 Å². The predicted molar refractivity (Wildman–Crippen MR) is 225 cm³/mol. The summed E-state index contributed by atoms with van der Waals surface area (Å²) in [4.78, 5) is 32.6. The lowest BCUT2D eigenvalue weighted by atomic mass is 10.0. The van der Waals surface area contributed by atoms with Crippen LogP contribution in [0.1, 0.15) is 29.3 Å². The zero-order valence-electron chi connectivity index (χ0n) is 32.7. The lowest BCUT2D eigenvalue weighted by molar-refractivity contribution is 0.102. The number of carbonyl (C=O) groups excluding carboxylic acids is 1. The molecule has 0 spiro atoms. The zero-order chi connectivity index (χ0) is 41.0. The number of anilines is 4. The van der Waals surface area contributed by atoms with E-state index < -0.39 is 33.8 Å². The number of methoxy groups -OCH3 is 1. The summed E-state index contributed by atoms with van der Waals surface area (Å²) in [6, 6.07) is 19.8. The monoisotopic (exact) mass is 812 g/mol. The second-order valence-corrected chi connectivity index (χ2v) is 16.4. The summed E-state index contributed by atoms with van der Waals surface area (Å²) in [5.41, 5.74) is 5.09. The first-order chi connectivity index (χ1) is 27.9. The standard InChI is InChI=1S/C42H46F2N8O5S/c1-5-57-35-14-13-28(25-29(35)41(53)49-39-30(43)10-8-11-31(39)44)38-40(52-19-7-6-12-37(52)48-38)32-15-16-45-42(46-32)47-33-24-27(2)34(26-36(33)56-3)51-18-9-17-50(20-21-51)22-23-58(4,54)55/h6-8,10-16,19,24-26,54-55H,5,9,17-18,20-23H2,1-4H3,(H,49,53)(H,45,46,47). The minimum Gasteiger partial charge on any atom is -0.494 e. The molecule has 1 aliphatic rings. The van der Waals surface area contributed by atoms with Gasteiger partial charge in [-0.15, -0.1) is 0 Å². The number of hydrogen-bond acceptors (Lipinski definition) is 11. The molecule has 3 aromatic heterocycles. The number of halogens is 2. The number of benzene rings is 3. The molecule has 3 aromatic carbocycles. The highest BCUT2D eigenvalue weighted by atomic mass is 32.3. The van der Waals surface area contributed by atoms with Crippen molar-refractivity contribution in [3.8, 4) is 34.1 Å². The van der Waals surface area contributed by atoms with Crippen LogP contribution in [-0.4, -0.2) is 97.7 Å². The number of nitrogens with zero attached hydrogens (tertiary/aromatic N) is 6. The maximum Gasteiger partial charge on any atom is 0.259 e. The van der Waals surface area contributed by atoms with Crippen LogP contribution in [0.4, 0.5) is 31.8 Å². The molecule has 0 atom stereocenters. The summed E-state index contributed by atoms with van der Waals surface area (Å²) in [5, 5.41) is 5.72. The Bertz CT molecular complexity index is 2420. The van der Waals surface area contributed by atoms with Crippen LogP contribution in [0.2, 0.25) is 0 Å². The molecule has 4 N–H and O–H groups in total. The van der Waals surface area contributed by atoms with Crippen molar-refractivity contribution in [2.75, 3.05) is 74.0 Å². The Labute approximate surface area is 337 Å². The van der Waals surface area contributed by atoms with E-state index in [1.165, 1.54) is 12.3 Å². The highest BCUT2D eigenvalue weighted by Crippen LogP contribution is 2.38. The maximum atomic E-state index is 14.5. The van der Waals surface area contributed by atoms with Crippen LogP contribution in [0.15, 0.2) is 85.2 Å². The summed E-state index contributed by atoms with van der Waals surface area (Å²) in [6.07, 6.45) is 5.94. The zero-order valence-corrected chi connectivity index (χ0v) is 33.5. The van der Waals surface area contributed by atoms with E-state index in [1.807, 2.05) is 40.9 Å². The van der Waals surface area contributed by atoms with Gasteiger partial charge in [0.1, 0.15) is 34.5 Å². The Kier molecular flexibility index (Phi) is 12.1. The van der Waals surface area contributed by atoms with Gasteiger partial charge in [0.15, 0.2) is 0 Å². The number of nitrogens with one attached hydrogen (secondary N) is 2. The maximum absolute atomic E-state index is 14.5. The molecule has 4 heterocycles. The third kappa shape index (κ3) is 9.00. The van der Waals surface area contributed by atoms with Gasteiger partial charge >= 0.3 is 0 Å². The molecule has 0 radical (unpaired) electrons. The molecule has 7 rings (SSSR count). The number of hydrogen-bond donors (Lipinski definition) is 4. The van der Waals surface area contributed by atoms with Crippen molar-refractivity contribution in [2.45, 2.75) is 20.3 Å². The summed E-state index contributed by atoms with van der Waals surface area (Å²) in [7, 11) is -0.919. The average Bonchev–Trinajstić information content (AvgIpc) is 3.43. The van der Waals surface area contributed by atoms with E-state index >= 15 is 0 Å². The van der Waals surface area contributed by atoms with Gasteiger partial charge < -0.3 is 25.0 Å². The summed E-state index contributed by atoms with van der Waals surface area (Å²) >= 11 is 0. The van der Waals surface area contributed by atoms with E-state index in [-0.39, 0.29) is 17.9 Å². The highest BCUT2D eigenvalue weighted by molar-refractivity contribution is 8.23. The molecule has 58 heavy (non-hydrogen) atoms. The second-order valence-electron chi connectivity index (χ2n) is 14.0. The van der Waals surface area contributed by atoms with Crippen LogP contribution in [-0.2, 0) is 0 Å². The Balaban J connectivity index is 1.19. The number of imidazole rings is 1. The normalized spacial score (nSPS) is 14.0. The van der Waals surface area contributed by atoms with Gasteiger partial charge in [-0.2, -0.15) is 10.6 Å². The van der Waals surface area contributed by atoms with Crippen molar-refractivity contribution in [3.63, 3.8) is 0 Å². The van der Waals surface area contributed by atoms with Gasteiger partial charge in [-0.3, -0.25) is 23.2 Å². The first-order valence-corrected chi connectivity index (χ1v) is 21.0. The lowest BCUT2D eigenvalue weighted by Gasteiger charge is -2.30.